The minimum Gasteiger partial charge on any atom is -0.494 e. The Kier molecular flexibility index (Phi) is 5.56. The molecule has 2 unspecified atom stereocenters. The SMILES string of the molecule is CC(CCOc1ccccc1)C(=O)N1Cc2ccccc2CC1C(=O)O. The Morgan fingerprint density at radius 2 is 1.77 bits per heavy atom. The van der Waals surface area contributed by atoms with Crippen molar-refractivity contribution < 1.29 is 19.4 Å². The number of benzene rings is 2. The van der Waals surface area contributed by atoms with E-state index in [0.29, 0.717) is 26.0 Å². The van der Waals surface area contributed by atoms with E-state index in [1.54, 1.807) is 0 Å². The number of carboxylic acids is 1. The summed E-state index contributed by atoms with van der Waals surface area (Å²) in [5.41, 5.74) is 2.02. The molecule has 1 heterocycles. The highest BCUT2D eigenvalue weighted by Gasteiger charge is 2.36. The largest absolute Gasteiger partial charge is 0.494 e. The summed E-state index contributed by atoms with van der Waals surface area (Å²) < 4.78 is 5.66. The number of para-hydroxylation sites is 1. The molecular weight excluding hydrogens is 330 g/mol. The maximum absolute atomic E-state index is 12.9. The van der Waals surface area contributed by atoms with E-state index < -0.39 is 12.0 Å². The van der Waals surface area contributed by atoms with E-state index in [-0.39, 0.29) is 11.8 Å². The third kappa shape index (κ3) is 4.04. The zero-order chi connectivity index (χ0) is 18.5. The lowest BCUT2D eigenvalue weighted by Crippen LogP contribution is -2.50. The fourth-order valence-electron chi connectivity index (χ4n) is 3.25. The Balaban J connectivity index is 1.64. The molecule has 0 aromatic heterocycles. The van der Waals surface area contributed by atoms with Crippen molar-refractivity contribution in [2.24, 2.45) is 5.92 Å². The molecule has 5 heteroatoms. The number of amides is 1. The zero-order valence-corrected chi connectivity index (χ0v) is 14.8. The van der Waals surface area contributed by atoms with Gasteiger partial charge in [0, 0.05) is 18.9 Å². The molecular formula is C21H23NO4. The van der Waals surface area contributed by atoms with E-state index in [1.165, 1.54) is 4.90 Å². The minimum atomic E-state index is -0.958. The summed E-state index contributed by atoms with van der Waals surface area (Å²) >= 11 is 0. The molecule has 0 saturated carbocycles. The second-order valence-electron chi connectivity index (χ2n) is 6.64. The first-order valence-electron chi connectivity index (χ1n) is 8.84. The molecule has 0 saturated heterocycles. The summed E-state index contributed by atoms with van der Waals surface area (Å²) in [6.07, 6.45) is 0.892. The summed E-state index contributed by atoms with van der Waals surface area (Å²) in [6.45, 7) is 2.59. The van der Waals surface area contributed by atoms with E-state index in [2.05, 4.69) is 0 Å². The van der Waals surface area contributed by atoms with Gasteiger partial charge in [0.25, 0.3) is 0 Å². The molecule has 0 radical (unpaired) electrons. The lowest BCUT2D eigenvalue weighted by molar-refractivity contribution is -0.153. The zero-order valence-electron chi connectivity index (χ0n) is 14.8. The second-order valence-corrected chi connectivity index (χ2v) is 6.64. The summed E-state index contributed by atoms with van der Waals surface area (Å²) in [4.78, 5) is 26.1. The van der Waals surface area contributed by atoms with Gasteiger partial charge >= 0.3 is 5.97 Å². The van der Waals surface area contributed by atoms with Crippen LogP contribution >= 0.6 is 0 Å². The highest BCUT2D eigenvalue weighted by molar-refractivity contribution is 5.85. The maximum Gasteiger partial charge on any atom is 0.326 e. The quantitative estimate of drug-likeness (QED) is 0.866. The van der Waals surface area contributed by atoms with Crippen molar-refractivity contribution in [3.05, 3.63) is 65.7 Å². The third-order valence-electron chi connectivity index (χ3n) is 4.80. The summed E-state index contributed by atoms with van der Waals surface area (Å²) in [5, 5.41) is 9.57. The Labute approximate surface area is 153 Å². The van der Waals surface area contributed by atoms with E-state index in [1.807, 2.05) is 61.5 Å². The first kappa shape index (κ1) is 18.0. The Morgan fingerprint density at radius 1 is 1.12 bits per heavy atom. The molecule has 1 N–H and O–H groups in total. The van der Waals surface area contributed by atoms with Gasteiger partial charge in [0.05, 0.1) is 6.61 Å². The van der Waals surface area contributed by atoms with Gasteiger partial charge in [-0.15, -0.1) is 0 Å². The van der Waals surface area contributed by atoms with Gasteiger partial charge in [0.2, 0.25) is 5.91 Å². The number of nitrogens with zero attached hydrogens (tertiary/aromatic N) is 1. The van der Waals surface area contributed by atoms with Crippen LogP contribution < -0.4 is 4.74 Å². The predicted molar refractivity (Wildman–Crippen MR) is 97.8 cm³/mol. The highest BCUT2D eigenvalue weighted by Crippen LogP contribution is 2.25. The number of fused-ring (bicyclic) bond motifs is 1. The van der Waals surface area contributed by atoms with Crippen molar-refractivity contribution in [1.82, 2.24) is 4.90 Å². The van der Waals surface area contributed by atoms with Gasteiger partial charge in [0.1, 0.15) is 11.8 Å². The van der Waals surface area contributed by atoms with Crippen molar-refractivity contribution in [1.29, 1.82) is 0 Å². The number of rotatable bonds is 6. The van der Waals surface area contributed by atoms with Gasteiger partial charge in [-0.2, -0.15) is 0 Å². The number of carboxylic acid groups (broad SMARTS) is 1. The molecule has 0 bridgehead atoms. The van der Waals surface area contributed by atoms with Crippen LogP contribution in [0.3, 0.4) is 0 Å². The minimum absolute atomic E-state index is 0.136. The molecule has 1 amide bonds. The standard InChI is InChI=1S/C21H23NO4/c1-15(11-12-26-18-9-3-2-4-10-18)20(23)22-14-17-8-6-5-7-16(17)13-19(22)21(24)25/h2-10,15,19H,11-14H2,1H3,(H,24,25). The first-order valence-corrected chi connectivity index (χ1v) is 8.84. The number of aliphatic carboxylic acids is 1. The third-order valence-corrected chi connectivity index (χ3v) is 4.80. The van der Waals surface area contributed by atoms with Crippen LogP contribution in [0, 0.1) is 5.92 Å². The number of ether oxygens (including phenoxy) is 1. The number of carbonyl (C=O) groups is 2. The predicted octanol–water partition coefficient (Wildman–Crippen LogP) is 3.13. The van der Waals surface area contributed by atoms with E-state index in [9.17, 15) is 14.7 Å². The summed E-state index contributed by atoms with van der Waals surface area (Å²) in [7, 11) is 0. The van der Waals surface area contributed by atoms with Crippen molar-refractivity contribution >= 4 is 11.9 Å². The molecule has 1 aliphatic rings. The molecule has 0 spiro atoms. The van der Waals surface area contributed by atoms with Crippen LogP contribution in [0.15, 0.2) is 54.6 Å². The molecule has 3 rings (SSSR count). The van der Waals surface area contributed by atoms with Crippen LogP contribution in [0.25, 0.3) is 0 Å². The Bertz CT molecular complexity index is 775. The van der Waals surface area contributed by atoms with Gasteiger partial charge in [-0.3, -0.25) is 4.79 Å². The van der Waals surface area contributed by atoms with Crippen LogP contribution in [-0.4, -0.2) is 34.5 Å². The van der Waals surface area contributed by atoms with Crippen LogP contribution in [-0.2, 0) is 22.6 Å². The fourth-order valence-corrected chi connectivity index (χ4v) is 3.25. The Morgan fingerprint density at radius 3 is 2.46 bits per heavy atom. The van der Waals surface area contributed by atoms with Gasteiger partial charge < -0.3 is 14.7 Å². The summed E-state index contributed by atoms with van der Waals surface area (Å²) in [5.74, 6) is -0.627. The molecule has 1 aliphatic heterocycles. The van der Waals surface area contributed by atoms with Crippen LogP contribution in [0.2, 0.25) is 0 Å². The van der Waals surface area contributed by atoms with Crippen LogP contribution in [0.4, 0.5) is 0 Å². The van der Waals surface area contributed by atoms with Crippen molar-refractivity contribution in [2.45, 2.75) is 32.4 Å². The number of hydrogen-bond donors (Lipinski definition) is 1. The first-order chi connectivity index (χ1) is 12.6. The second kappa shape index (κ2) is 8.04. The van der Waals surface area contributed by atoms with Gasteiger partial charge in [-0.25, -0.2) is 4.79 Å². The van der Waals surface area contributed by atoms with Crippen molar-refractivity contribution in [3.8, 4) is 5.75 Å². The number of hydrogen-bond acceptors (Lipinski definition) is 3. The lowest BCUT2D eigenvalue weighted by Gasteiger charge is -2.36. The van der Waals surface area contributed by atoms with Crippen LogP contribution in [0.5, 0.6) is 5.75 Å². The van der Waals surface area contributed by atoms with E-state index in [4.69, 9.17) is 4.74 Å². The molecule has 26 heavy (non-hydrogen) atoms. The van der Waals surface area contributed by atoms with Crippen LogP contribution in [0.1, 0.15) is 24.5 Å². The smallest absolute Gasteiger partial charge is 0.326 e. The van der Waals surface area contributed by atoms with Gasteiger partial charge in [-0.05, 0) is 29.7 Å². The molecule has 0 fully saturated rings. The highest BCUT2D eigenvalue weighted by atomic mass is 16.5. The van der Waals surface area contributed by atoms with Crippen molar-refractivity contribution in [2.75, 3.05) is 6.61 Å². The average Bonchev–Trinajstić information content (AvgIpc) is 2.67. The molecule has 2 atom stereocenters. The molecule has 2 aromatic rings. The maximum atomic E-state index is 12.9. The normalized spacial score (nSPS) is 17.3. The summed E-state index contributed by atoms with van der Waals surface area (Å²) in [6, 6.07) is 16.3. The van der Waals surface area contributed by atoms with Crippen molar-refractivity contribution in [3.63, 3.8) is 0 Å². The van der Waals surface area contributed by atoms with E-state index in [0.717, 1.165) is 16.9 Å². The fraction of sp³-hybridized carbons (Fsp3) is 0.333. The molecule has 5 nitrogen and oxygen atoms in total. The topological polar surface area (TPSA) is 66.8 Å². The molecule has 136 valence electrons. The van der Waals surface area contributed by atoms with Gasteiger partial charge in [0.15, 0.2) is 0 Å². The average molecular weight is 353 g/mol. The molecule has 2 aromatic carbocycles. The van der Waals surface area contributed by atoms with Gasteiger partial charge in [-0.1, -0.05) is 49.4 Å². The molecule has 0 aliphatic carbocycles. The van der Waals surface area contributed by atoms with E-state index >= 15 is 0 Å². The Hall–Kier alpha value is -2.82. The number of carbonyl (C=O) groups excluding carboxylic acids is 1. The lowest BCUT2D eigenvalue weighted by atomic mass is 9.92. The monoisotopic (exact) mass is 353 g/mol.